The van der Waals surface area contributed by atoms with Gasteiger partial charge in [0.2, 0.25) is 0 Å². The number of aliphatic hydroxyl groups is 1. The maximum absolute atomic E-state index is 10.1. The summed E-state index contributed by atoms with van der Waals surface area (Å²) in [6, 6.07) is 13.8. The lowest BCUT2D eigenvalue weighted by molar-refractivity contribution is 0.125. The smallest absolute Gasteiger partial charge is 0.122 e. The molecule has 0 aliphatic heterocycles. The molecule has 2 atom stereocenters. The summed E-state index contributed by atoms with van der Waals surface area (Å²) in [5.74, 6) is 1.90. The summed E-state index contributed by atoms with van der Waals surface area (Å²) in [7, 11) is 0. The molecule has 2 rings (SSSR count). The quantitative estimate of drug-likeness (QED) is 0.744. The number of thioether (sulfide) groups is 1. The lowest BCUT2D eigenvalue weighted by Crippen LogP contribution is -2.20. The Morgan fingerprint density at radius 2 is 1.95 bits per heavy atom. The molecule has 0 radical (unpaired) electrons. The summed E-state index contributed by atoms with van der Waals surface area (Å²) >= 11 is 1.54. The van der Waals surface area contributed by atoms with E-state index in [9.17, 15) is 5.11 Å². The van der Waals surface area contributed by atoms with E-state index in [1.54, 1.807) is 6.20 Å². The second-order valence-electron chi connectivity index (χ2n) is 5.29. The van der Waals surface area contributed by atoms with E-state index in [1.807, 2.05) is 36.4 Å². The maximum Gasteiger partial charge on any atom is 0.122 e. The second kappa shape index (κ2) is 8.81. The van der Waals surface area contributed by atoms with Crippen molar-refractivity contribution < 1.29 is 9.84 Å². The molecule has 1 aromatic heterocycles. The molecule has 0 amide bonds. The van der Waals surface area contributed by atoms with Crippen LogP contribution in [0.2, 0.25) is 0 Å². The highest BCUT2D eigenvalue weighted by atomic mass is 32.2. The number of aromatic nitrogens is 1. The molecule has 0 unspecified atom stereocenters. The summed E-state index contributed by atoms with van der Waals surface area (Å²) in [4.78, 5) is 4.23. The summed E-state index contributed by atoms with van der Waals surface area (Å²) < 4.78 is 5.83. The molecule has 4 heteroatoms. The minimum atomic E-state index is -0.517. The third-order valence-corrected chi connectivity index (χ3v) is 4.64. The number of aliphatic hydroxyl groups excluding tert-OH is 1. The molecule has 0 bridgehead atoms. The first-order valence-electron chi connectivity index (χ1n) is 7.64. The standard InChI is InChI=1S/C18H23NO2S/c1-3-14(2)16-8-4-5-9-17(16)21-12-15(20)13-22-18-10-6-7-11-19-18/h4-11,14-15,20H,3,12-13H2,1-2H3/t14-,15+/m1/s1. The predicted molar refractivity (Wildman–Crippen MR) is 91.6 cm³/mol. The minimum absolute atomic E-state index is 0.299. The molecule has 0 saturated carbocycles. The van der Waals surface area contributed by atoms with Gasteiger partial charge in [0.05, 0.1) is 11.1 Å². The van der Waals surface area contributed by atoms with Crippen LogP contribution in [0.5, 0.6) is 5.75 Å². The third-order valence-electron chi connectivity index (χ3n) is 3.55. The Kier molecular flexibility index (Phi) is 6.74. The van der Waals surface area contributed by atoms with E-state index in [0.717, 1.165) is 17.2 Å². The summed E-state index contributed by atoms with van der Waals surface area (Å²) in [6.45, 7) is 4.66. The van der Waals surface area contributed by atoms with Gasteiger partial charge in [-0.1, -0.05) is 38.1 Å². The largest absolute Gasteiger partial charge is 0.491 e. The van der Waals surface area contributed by atoms with Gasteiger partial charge in [-0.2, -0.15) is 0 Å². The van der Waals surface area contributed by atoms with E-state index in [1.165, 1.54) is 17.3 Å². The SMILES string of the molecule is CC[C@@H](C)c1ccccc1OC[C@H](O)CSc1ccccn1. The number of nitrogens with zero attached hydrogens (tertiary/aromatic N) is 1. The molecule has 0 aliphatic carbocycles. The number of para-hydroxylation sites is 1. The Bertz CT molecular complexity index is 562. The number of hydrogen-bond acceptors (Lipinski definition) is 4. The van der Waals surface area contributed by atoms with Gasteiger partial charge in [0.1, 0.15) is 12.4 Å². The van der Waals surface area contributed by atoms with Crippen molar-refractivity contribution in [3.8, 4) is 5.75 Å². The fourth-order valence-corrected chi connectivity index (χ4v) is 2.86. The highest BCUT2D eigenvalue weighted by Crippen LogP contribution is 2.28. The van der Waals surface area contributed by atoms with E-state index < -0.39 is 6.10 Å². The summed E-state index contributed by atoms with van der Waals surface area (Å²) in [6.07, 6.45) is 2.31. The van der Waals surface area contributed by atoms with E-state index in [2.05, 4.69) is 24.9 Å². The van der Waals surface area contributed by atoms with Crippen molar-refractivity contribution in [2.45, 2.75) is 37.3 Å². The molecule has 3 nitrogen and oxygen atoms in total. The fraction of sp³-hybridized carbons (Fsp3) is 0.389. The van der Waals surface area contributed by atoms with Crippen LogP contribution in [0.25, 0.3) is 0 Å². The van der Waals surface area contributed by atoms with Crippen LogP contribution in [0, 0.1) is 0 Å². The van der Waals surface area contributed by atoms with Crippen LogP contribution in [-0.4, -0.2) is 28.6 Å². The maximum atomic E-state index is 10.1. The zero-order valence-corrected chi connectivity index (χ0v) is 13.9. The van der Waals surface area contributed by atoms with Gasteiger partial charge in [-0.15, -0.1) is 11.8 Å². The van der Waals surface area contributed by atoms with Gasteiger partial charge in [-0.25, -0.2) is 4.98 Å². The van der Waals surface area contributed by atoms with Crippen LogP contribution < -0.4 is 4.74 Å². The Labute approximate surface area is 136 Å². The number of ether oxygens (including phenoxy) is 1. The van der Waals surface area contributed by atoms with Crippen LogP contribution in [0.4, 0.5) is 0 Å². The topological polar surface area (TPSA) is 42.4 Å². The Morgan fingerprint density at radius 1 is 1.18 bits per heavy atom. The molecule has 0 fully saturated rings. The van der Waals surface area contributed by atoms with Crippen molar-refractivity contribution in [1.82, 2.24) is 4.98 Å². The Morgan fingerprint density at radius 3 is 2.68 bits per heavy atom. The monoisotopic (exact) mass is 317 g/mol. The molecule has 1 heterocycles. The van der Waals surface area contributed by atoms with Crippen LogP contribution >= 0.6 is 11.8 Å². The van der Waals surface area contributed by atoms with E-state index >= 15 is 0 Å². The first-order valence-corrected chi connectivity index (χ1v) is 8.63. The van der Waals surface area contributed by atoms with Crippen molar-refractivity contribution >= 4 is 11.8 Å². The first kappa shape index (κ1) is 16.8. The van der Waals surface area contributed by atoms with Crippen LogP contribution in [0.15, 0.2) is 53.7 Å². The van der Waals surface area contributed by atoms with E-state index in [-0.39, 0.29) is 0 Å². The highest BCUT2D eigenvalue weighted by Gasteiger charge is 2.12. The highest BCUT2D eigenvalue weighted by molar-refractivity contribution is 7.99. The van der Waals surface area contributed by atoms with Crippen molar-refractivity contribution in [1.29, 1.82) is 0 Å². The number of pyridine rings is 1. The number of benzene rings is 1. The van der Waals surface area contributed by atoms with Crippen molar-refractivity contribution in [3.63, 3.8) is 0 Å². The molecule has 0 aliphatic rings. The minimum Gasteiger partial charge on any atom is -0.491 e. The normalized spacial score (nSPS) is 13.6. The van der Waals surface area contributed by atoms with Crippen molar-refractivity contribution in [2.24, 2.45) is 0 Å². The predicted octanol–water partition coefficient (Wildman–Crippen LogP) is 4.13. The average molecular weight is 317 g/mol. The zero-order chi connectivity index (χ0) is 15.8. The van der Waals surface area contributed by atoms with Crippen molar-refractivity contribution in [3.05, 3.63) is 54.2 Å². The molecule has 118 valence electrons. The molecular weight excluding hydrogens is 294 g/mol. The van der Waals surface area contributed by atoms with E-state index in [4.69, 9.17) is 4.74 Å². The molecule has 1 aromatic carbocycles. The number of rotatable bonds is 8. The Balaban J connectivity index is 1.85. The van der Waals surface area contributed by atoms with Gasteiger partial charge in [0, 0.05) is 11.9 Å². The lowest BCUT2D eigenvalue weighted by atomic mass is 9.98. The molecule has 1 N–H and O–H groups in total. The van der Waals surface area contributed by atoms with Gasteiger partial charge >= 0.3 is 0 Å². The van der Waals surface area contributed by atoms with Crippen LogP contribution in [-0.2, 0) is 0 Å². The Hall–Kier alpha value is -1.52. The number of hydrogen-bond donors (Lipinski definition) is 1. The van der Waals surface area contributed by atoms with Gasteiger partial charge in [0.25, 0.3) is 0 Å². The average Bonchev–Trinajstić information content (AvgIpc) is 2.58. The van der Waals surface area contributed by atoms with Crippen molar-refractivity contribution in [2.75, 3.05) is 12.4 Å². The molecule has 0 saturated heterocycles. The molecule has 22 heavy (non-hydrogen) atoms. The summed E-state index contributed by atoms with van der Waals surface area (Å²) in [5, 5.41) is 11.0. The molecular formula is C18H23NO2S. The van der Waals surface area contributed by atoms with Gasteiger partial charge < -0.3 is 9.84 Å². The molecule has 0 spiro atoms. The van der Waals surface area contributed by atoms with Gasteiger partial charge in [-0.05, 0) is 36.1 Å². The fourth-order valence-electron chi connectivity index (χ4n) is 2.09. The van der Waals surface area contributed by atoms with Gasteiger partial charge in [0.15, 0.2) is 0 Å². The second-order valence-corrected chi connectivity index (χ2v) is 6.33. The zero-order valence-electron chi connectivity index (χ0n) is 13.1. The van der Waals surface area contributed by atoms with E-state index in [0.29, 0.717) is 18.3 Å². The first-order chi connectivity index (χ1) is 10.7. The third kappa shape index (κ3) is 5.04. The molecule has 2 aromatic rings. The van der Waals surface area contributed by atoms with Crippen LogP contribution in [0.3, 0.4) is 0 Å². The van der Waals surface area contributed by atoms with Gasteiger partial charge in [-0.3, -0.25) is 0 Å². The van der Waals surface area contributed by atoms with Crippen LogP contribution in [0.1, 0.15) is 31.7 Å². The lowest BCUT2D eigenvalue weighted by Gasteiger charge is -2.17. The summed E-state index contributed by atoms with van der Waals surface area (Å²) in [5.41, 5.74) is 1.20.